The minimum absolute atomic E-state index is 0.228. The fraction of sp³-hybridized carbons (Fsp3) is 0.944. The van der Waals surface area contributed by atoms with E-state index >= 15 is 0 Å². The molecule has 0 N–H and O–H groups in total. The van der Waals surface area contributed by atoms with Crippen LogP contribution in [0.5, 0.6) is 0 Å². The van der Waals surface area contributed by atoms with Crippen LogP contribution in [0.4, 0.5) is 0 Å². The zero-order valence-electron chi connectivity index (χ0n) is 14.5. The summed E-state index contributed by atoms with van der Waals surface area (Å²) in [7, 11) is 1.81. The van der Waals surface area contributed by atoms with E-state index in [1.807, 2.05) is 12.0 Å². The highest BCUT2D eigenvalue weighted by molar-refractivity contribution is 5.76. The average molecular weight is 324 g/mol. The van der Waals surface area contributed by atoms with Gasteiger partial charge in [-0.1, -0.05) is 0 Å². The third-order valence-corrected chi connectivity index (χ3v) is 5.92. The summed E-state index contributed by atoms with van der Waals surface area (Å²) in [5.74, 6) is 0.715. The Morgan fingerprint density at radius 3 is 2.43 bits per heavy atom. The number of amides is 1. The zero-order chi connectivity index (χ0) is 16.1. The van der Waals surface area contributed by atoms with E-state index in [-0.39, 0.29) is 6.10 Å². The highest BCUT2D eigenvalue weighted by atomic mass is 16.5. The molecule has 132 valence electrons. The third kappa shape index (κ3) is 4.46. The lowest BCUT2D eigenvalue weighted by Gasteiger charge is -2.33. The van der Waals surface area contributed by atoms with E-state index in [1.165, 1.54) is 12.8 Å². The van der Waals surface area contributed by atoms with Crippen LogP contribution in [0.15, 0.2) is 0 Å². The van der Waals surface area contributed by atoms with Crippen LogP contribution >= 0.6 is 0 Å². The largest absolute Gasteiger partial charge is 0.381 e. The van der Waals surface area contributed by atoms with Crippen LogP contribution in [0.1, 0.15) is 44.9 Å². The molecule has 0 unspecified atom stereocenters. The van der Waals surface area contributed by atoms with Gasteiger partial charge in [-0.25, -0.2) is 0 Å². The molecule has 0 aromatic heterocycles. The smallest absolute Gasteiger partial charge is 0.222 e. The van der Waals surface area contributed by atoms with Gasteiger partial charge < -0.3 is 19.3 Å². The lowest BCUT2D eigenvalue weighted by molar-refractivity contribution is -0.132. The van der Waals surface area contributed by atoms with Gasteiger partial charge in [-0.3, -0.25) is 4.79 Å². The molecule has 3 saturated heterocycles. The van der Waals surface area contributed by atoms with Crippen molar-refractivity contribution in [3.63, 3.8) is 0 Å². The molecule has 3 aliphatic heterocycles. The Kier molecular flexibility index (Phi) is 6.31. The fourth-order valence-corrected chi connectivity index (χ4v) is 4.44. The maximum atomic E-state index is 12.5. The molecule has 0 saturated carbocycles. The number of carbonyl (C=O) groups excluding carboxylic acids is 1. The lowest BCUT2D eigenvalue weighted by Crippen LogP contribution is -2.40. The molecule has 3 heterocycles. The van der Waals surface area contributed by atoms with Crippen LogP contribution in [0.2, 0.25) is 0 Å². The van der Waals surface area contributed by atoms with Crippen LogP contribution in [-0.2, 0) is 14.3 Å². The summed E-state index contributed by atoms with van der Waals surface area (Å²) in [6, 6.07) is 0.661. The molecule has 0 aliphatic carbocycles. The molecule has 3 aliphatic rings. The van der Waals surface area contributed by atoms with Gasteiger partial charge in [-0.2, -0.15) is 0 Å². The minimum atomic E-state index is 0.228. The second-order valence-corrected chi connectivity index (χ2v) is 7.28. The summed E-state index contributed by atoms with van der Waals surface area (Å²) < 4.78 is 11.3. The van der Waals surface area contributed by atoms with Crippen molar-refractivity contribution in [2.75, 3.05) is 46.5 Å². The molecule has 0 spiro atoms. The Morgan fingerprint density at radius 2 is 1.74 bits per heavy atom. The number of carbonyl (C=O) groups is 1. The SMILES string of the molecule is CO[C@H]1CCN(C2CCOCC2)CC[C@@H]1CC(=O)N1CCCC1. The molecule has 5 nitrogen and oxygen atoms in total. The lowest BCUT2D eigenvalue weighted by atomic mass is 9.93. The van der Waals surface area contributed by atoms with Crippen molar-refractivity contribution in [3.05, 3.63) is 0 Å². The predicted molar refractivity (Wildman–Crippen MR) is 89.4 cm³/mol. The number of hydrogen-bond acceptors (Lipinski definition) is 4. The van der Waals surface area contributed by atoms with E-state index in [9.17, 15) is 4.79 Å². The monoisotopic (exact) mass is 324 g/mol. The number of nitrogens with zero attached hydrogens (tertiary/aromatic N) is 2. The average Bonchev–Trinajstić information content (AvgIpc) is 3.05. The first-order valence-electron chi connectivity index (χ1n) is 9.40. The Labute approximate surface area is 140 Å². The number of methoxy groups -OCH3 is 1. The van der Waals surface area contributed by atoms with E-state index < -0.39 is 0 Å². The summed E-state index contributed by atoms with van der Waals surface area (Å²) in [6.45, 7) is 5.90. The summed E-state index contributed by atoms with van der Waals surface area (Å²) in [6.07, 6.45) is 7.65. The second kappa shape index (κ2) is 8.45. The standard InChI is InChI=1S/C18H32N2O3/c1-22-17-5-11-19(16-6-12-23-13-7-16)10-4-15(17)14-18(21)20-8-2-3-9-20/h15-17H,2-14H2,1H3/t15-,17+/m1/s1. The van der Waals surface area contributed by atoms with Gasteiger partial charge in [-0.15, -0.1) is 0 Å². The molecule has 3 rings (SSSR count). The number of likely N-dealkylation sites (tertiary alicyclic amines) is 2. The first kappa shape index (κ1) is 17.2. The van der Waals surface area contributed by atoms with Crippen LogP contribution in [0.3, 0.4) is 0 Å². The van der Waals surface area contributed by atoms with Crippen LogP contribution < -0.4 is 0 Å². The summed E-state index contributed by atoms with van der Waals surface area (Å²) in [5, 5.41) is 0. The highest BCUT2D eigenvalue weighted by Gasteiger charge is 2.32. The summed E-state index contributed by atoms with van der Waals surface area (Å²) in [5.41, 5.74) is 0. The molecule has 2 atom stereocenters. The van der Waals surface area contributed by atoms with Crippen molar-refractivity contribution < 1.29 is 14.3 Å². The van der Waals surface area contributed by atoms with Gasteiger partial charge >= 0.3 is 0 Å². The Hall–Kier alpha value is -0.650. The first-order valence-corrected chi connectivity index (χ1v) is 9.40. The number of hydrogen-bond donors (Lipinski definition) is 0. The normalized spacial score (nSPS) is 31.3. The minimum Gasteiger partial charge on any atom is -0.381 e. The molecular weight excluding hydrogens is 292 g/mol. The summed E-state index contributed by atoms with van der Waals surface area (Å²) >= 11 is 0. The zero-order valence-corrected chi connectivity index (χ0v) is 14.5. The Morgan fingerprint density at radius 1 is 1.04 bits per heavy atom. The topological polar surface area (TPSA) is 42.0 Å². The maximum Gasteiger partial charge on any atom is 0.222 e. The van der Waals surface area contributed by atoms with Crippen molar-refractivity contribution in [2.45, 2.75) is 57.1 Å². The molecule has 0 radical (unpaired) electrons. The van der Waals surface area contributed by atoms with Crippen molar-refractivity contribution in [1.82, 2.24) is 9.80 Å². The van der Waals surface area contributed by atoms with Gasteiger partial charge in [0.25, 0.3) is 0 Å². The first-order chi connectivity index (χ1) is 11.3. The molecular formula is C18H32N2O3. The predicted octanol–water partition coefficient (Wildman–Crippen LogP) is 1.90. The van der Waals surface area contributed by atoms with E-state index in [1.54, 1.807) is 0 Å². The molecule has 5 heteroatoms. The number of rotatable bonds is 4. The van der Waals surface area contributed by atoms with Crippen molar-refractivity contribution >= 4 is 5.91 Å². The quantitative estimate of drug-likeness (QED) is 0.792. The third-order valence-electron chi connectivity index (χ3n) is 5.92. The molecule has 1 amide bonds. The van der Waals surface area contributed by atoms with Crippen LogP contribution in [-0.4, -0.2) is 74.4 Å². The van der Waals surface area contributed by atoms with Gasteiger partial charge in [0.1, 0.15) is 0 Å². The molecule has 0 aromatic carbocycles. The molecule has 23 heavy (non-hydrogen) atoms. The van der Waals surface area contributed by atoms with E-state index in [2.05, 4.69) is 4.90 Å². The van der Waals surface area contributed by atoms with E-state index in [0.29, 0.717) is 24.3 Å². The molecule has 0 aromatic rings. The van der Waals surface area contributed by atoms with E-state index in [0.717, 1.165) is 65.1 Å². The van der Waals surface area contributed by atoms with Crippen molar-refractivity contribution in [2.24, 2.45) is 5.92 Å². The molecule has 3 fully saturated rings. The van der Waals surface area contributed by atoms with Gasteiger partial charge in [0, 0.05) is 52.4 Å². The van der Waals surface area contributed by atoms with Gasteiger partial charge in [0.15, 0.2) is 0 Å². The maximum absolute atomic E-state index is 12.5. The highest BCUT2D eigenvalue weighted by Crippen LogP contribution is 2.27. The Balaban J connectivity index is 1.55. The Bertz CT molecular complexity index is 378. The van der Waals surface area contributed by atoms with Crippen molar-refractivity contribution in [1.29, 1.82) is 0 Å². The fourth-order valence-electron chi connectivity index (χ4n) is 4.44. The van der Waals surface area contributed by atoms with Crippen molar-refractivity contribution in [3.8, 4) is 0 Å². The number of ether oxygens (including phenoxy) is 2. The van der Waals surface area contributed by atoms with Crippen LogP contribution in [0.25, 0.3) is 0 Å². The second-order valence-electron chi connectivity index (χ2n) is 7.28. The summed E-state index contributed by atoms with van der Waals surface area (Å²) in [4.78, 5) is 17.2. The molecule has 0 bridgehead atoms. The van der Waals surface area contributed by atoms with Gasteiger partial charge in [0.2, 0.25) is 5.91 Å². The van der Waals surface area contributed by atoms with Gasteiger partial charge in [-0.05, 0) is 51.0 Å². The van der Waals surface area contributed by atoms with Gasteiger partial charge in [0.05, 0.1) is 6.10 Å². The van der Waals surface area contributed by atoms with E-state index in [4.69, 9.17) is 9.47 Å². The van der Waals surface area contributed by atoms with Crippen LogP contribution in [0, 0.1) is 5.92 Å².